The van der Waals surface area contributed by atoms with Gasteiger partial charge in [0.15, 0.2) is 5.16 Å². The highest BCUT2D eigenvalue weighted by Crippen LogP contribution is 2.33. The van der Waals surface area contributed by atoms with Gasteiger partial charge in [-0.1, -0.05) is 54.2 Å². The Morgan fingerprint density at radius 3 is 2.72 bits per heavy atom. The Hall–Kier alpha value is -2.60. The fourth-order valence-corrected chi connectivity index (χ4v) is 3.91. The van der Waals surface area contributed by atoms with Crippen molar-refractivity contribution in [3.05, 3.63) is 71.7 Å². The molecule has 0 atom stereocenters. The summed E-state index contributed by atoms with van der Waals surface area (Å²) in [4.78, 5) is 17.1. The summed E-state index contributed by atoms with van der Waals surface area (Å²) in [5.74, 6) is 0.0433. The van der Waals surface area contributed by atoms with Gasteiger partial charge in [0.05, 0.1) is 23.5 Å². The van der Waals surface area contributed by atoms with E-state index in [1.165, 1.54) is 12.1 Å². The van der Waals surface area contributed by atoms with Gasteiger partial charge in [0.2, 0.25) is 0 Å². The van der Waals surface area contributed by atoms with E-state index in [4.69, 9.17) is 4.98 Å². The monoisotopic (exact) mass is 353 g/mol. The smallest absolute Gasteiger partial charge is 0.254 e. The van der Waals surface area contributed by atoms with Gasteiger partial charge in [-0.15, -0.1) is 0 Å². The minimum absolute atomic E-state index is 0.0549. The molecular weight excluding hydrogens is 337 g/mol. The maximum absolute atomic E-state index is 13.8. The van der Waals surface area contributed by atoms with Crippen molar-refractivity contribution in [1.29, 1.82) is 0 Å². The first kappa shape index (κ1) is 15.9. The Morgan fingerprint density at radius 1 is 1.16 bits per heavy atom. The molecule has 0 saturated carbocycles. The molecule has 2 heterocycles. The van der Waals surface area contributed by atoms with E-state index in [0.717, 1.165) is 34.4 Å². The standard InChI is InChI=1S/C19H16FN3OS/c20-15-9-5-4-8-14(15)18(24)21-12-16-17(13-6-2-1-3-7-13)22-19-23(16)10-11-25-19/h1-9H,10-12H2,(H,21,24). The molecule has 3 aromatic rings. The van der Waals surface area contributed by atoms with Crippen molar-refractivity contribution in [3.8, 4) is 11.3 Å². The Labute approximate surface area is 149 Å². The Kier molecular flexibility index (Phi) is 4.28. The summed E-state index contributed by atoms with van der Waals surface area (Å²) >= 11 is 1.71. The highest BCUT2D eigenvalue weighted by molar-refractivity contribution is 7.99. The van der Waals surface area contributed by atoms with Gasteiger partial charge in [0.1, 0.15) is 5.82 Å². The predicted octanol–water partition coefficient (Wildman–Crippen LogP) is 3.72. The summed E-state index contributed by atoms with van der Waals surface area (Å²) in [6.07, 6.45) is 0. The summed E-state index contributed by atoms with van der Waals surface area (Å²) in [5, 5.41) is 3.80. The molecule has 4 nitrogen and oxygen atoms in total. The summed E-state index contributed by atoms with van der Waals surface area (Å²) in [5.41, 5.74) is 2.90. The zero-order valence-corrected chi connectivity index (χ0v) is 14.2. The zero-order valence-electron chi connectivity index (χ0n) is 13.4. The molecule has 4 rings (SSSR count). The van der Waals surface area contributed by atoms with Crippen LogP contribution in [0.5, 0.6) is 0 Å². The number of benzene rings is 2. The van der Waals surface area contributed by atoms with Crippen LogP contribution in [0.4, 0.5) is 4.39 Å². The highest BCUT2D eigenvalue weighted by atomic mass is 32.2. The topological polar surface area (TPSA) is 46.9 Å². The van der Waals surface area contributed by atoms with E-state index in [9.17, 15) is 9.18 Å². The van der Waals surface area contributed by atoms with Crippen molar-refractivity contribution in [3.63, 3.8) is 0 Å². The van der Waals surface area contributed by atoms with Crippen molar-refractivity contribution < 1.29 is 9.18 Å². The molecule has 0 spiro atoms. The molecule has 25 heavy (non-hydrogen) atoms. The summed E-state index contributed by atoms with van der Waals surface area (Å²) in [7, 11) is 0. The SMILES string of the molecule is O=C(NCc1c(-c2ccccc2)nc2n1CCS2)c1ccccc1F. The lowest BCUT2D eigenvalue weighted by Crippen LogP contribution is -2.25. The number of amides is 1. The fraction of sp³-hybridized carbons (Fsp3) is 0.158. The number of thioether (sulfide) groups is 1. The van der Waals surface area contributed by atoms with Gasteiger partial charge in [0, 0.05) is 17.9 Å². The van der Waals surface area contributed by atoms with Gasteiger partial charge in [-0.2, -0.15) is 0 Å². The zero-order chi connectivity index (χ0) is 17.2. The van der Waals surface area contributed by atoms with Crippen LogP contribution in [0.3, 0.4) is 0 Å². The van der Waals surface area contributed by atoms with E-state index in [0.29, 0.717) is 6.54 Å². The van der Waals surface area contributed by atoms with Crippen molar-refractivity contribution >= 4 is 17.7 Å². The number of halogens is 1. The van der Waals surface area contributed by atoms with E-state index in [-0.39, 0.29) is 5.56 Å². The summed E-state index contributed by atoms with van der Waals surface area (Å²) < 4.78 is 15.9. The molecule has 0 radical (unpaired) electrons. The second kappa shape index (κ2) is 6.72. The van der Waals surface area contributed by atoms with Gasteiger partial charge in [-0.05, 0) is 12.1 Å². The summed E-state index contributed by atoms with van der Waals surface area (Å²) in [6, 6.07) is 15.9. The maximum Gasteiger partial charge on any atom is 0.254 e. The molecule has 0 fully saturated rings. The van der Waals surface area contributed by atoms with Crippen molar-refractivity contribution in [2.75, 3.05) is 5.75 Å². The second-order valence-electron chi connectivity index (χ2n) is 5.72. The van der Waals surface area contributed by atoms with Crippen LogP contribution in [0.1, 0.15) is 16.1 Å². The van der Waals surface area contributed by atoms with Crippen LogP contribution < -0.4 is 5.32 Å². The predicted molar refractivity (Wildman–Crippen MR) is 96.0 cm³/mol. The molecule has 0 unspecified atom stereocenters. The van der Waals surface area contributed by atoms with Gasteiger partial charge in [-0.25, -0.2) is 9.37 Å². The lowest BCUT2D eigenvalue weighted by Gasteiger charge is -2.10. The van der Waals surface area contributed by atoms with Gasteiger partial charge in [-0.3, -0.25) is 4.79 Å². The average molecular weight is 353 g/mol. The number of aromatic nitrogens is 2. The van der Waals surface area contributed by atoms with Crippen LogP contribution in [0, 0.1) is 5.82 Å². The van der Waals surface area contributed by atoms with E-state index in [1.807, 2.05) is 30.3 Å². The molecule has 6 heteroatoms. The number of imidazole rings is 1. The van der Waals surface area contributed by atoms with Crippen molar-refractivity contribution in [2.45, 2.75) is 18.2 Å². The highest BCUT2D eigenvalue weighted by Gasteiger charge is 2.23. The van der Waals surface area contributed by atoms with Crippen LogP contribution in [0.15, 0.2) is 59.8 Å². The molecular formula is C19H16FN3OS. The Balaban J connectivity index is 1.62. The second-order valence-corrected chi connectivity index (χ2v) is 6.78. The molecule has 2 aromatic carbocycles. The maximum atomic E-state index is 13.8. The number of hydrogen-bond acceptors (Lipinski definition) is 3. The molecule has 1 N–H and O–H groups in total. The number of nitrogens with zero attached hydrogens (tertiary/aromatic N) is 2. The quantitative estimate of drug-likeness (QED) is 0.777. The number of carbonyl (C=O) groups excluding carboxylic acids is 1. The number of hydrogen-bond donors (Lipinski definition) is 1. The molecule has 1 amide bonds. The third kappa shape index (κ3) is 3.05. The van der Waals surface area contributed by atoms with Crippen LogP contribution in [0.25, 0.3) is 11.3 Å². The molecule has 0 bridgehead atoms. The lowest BCUT2D eigenvalue weighted by atomic mass is 10.1. The first-order valence-corrected chi connectivity index (χ1v) is 9.03. The van der Waals surface area contributed by atoms with Crippen LogP contribution in [-0.4, -0.2) is 21.2 Å². The van der Waals surface area contributed by atoms with Crippen molar-refractivity contribution in [1.82, 2.24) is 14.9 Å². The van der Waals surface area contributed by atoms with Crippen molar-refractivity contribution in [2.24, 2.45) is 0 Å². The van der Waals surface area contributed by atoms with Crippen LogP contribution >= 0.6 is 11.8 Å². The number of rotatable bonds is 4. The third-order valence-corrected chi connectivity index (χ3v) is 5.12. The molecule has 1 aliphatic heterocycles. The first-order chi connectivity index (χ1) is 12.2. The van der Waals surface area contributed by atoms with E-state index in [1.54, 1.807) is 23.9 Å². The average Bonchev–Trinajstić information content (AvgIpc) is 3.22. The number of nitrogens with one attached hydrogen (secondary N) is 1. The third-order valence-electron chi connectivity index (χ3n) is 4.17. The molecule has 1 aliphatic rings. The molecule has 1 aromatic heterocycles. The van der Waals surface area contributed by atoms with Crippen LogP contribution in [-0.2, 0) is 13.1 Å². The van der Waals surface area contributed by atoms with E-state index < -0.39 is 11.7 Å². The van der Waals surface area contributed by atoms with Crippen LogP contribution in [0.2, 0.25) is 0 Å². The van der Waals surface area contributed by atoms with Gasteiger partial charge in [0.25, 0.3) is 5.91 Å². The number of fused-ring (bicyclic) bond motifs is 1. The Morgan fingerprint density at radius 2 is 1.92 bits per heavy atom. The number of carbonyl (C=O) groups is 1. The summed E-state index contributed by atoms with van der Waals surface area (Å²) in [6.45, 7) is 1.18. The minimum Gasteiger partial charge on any atom is -0.346 e. The first-order valence-electron chi connectivity index (χ1n) is 8.04. The largest absolute Gasteiger partial charge is 0.346 e. The van der Waals surface area contributed by atoms with E-state index >= 15 is 0 Å². The molecule has 0 aliphatic carbocycles. The van der Waals surface area contributed by atoms with Gasteiger partial charge < -0.3 is 9.88 Å². The fourth-order valence-electron chi connectivity index (χ4n) is 2.94. The normalized spacial score (nSPS) is 12.8. The lowest BCUT2D eigenvalue weighted by molar-refractivity contribution is 0.0946. The van der Waals surface area contributed by atoms with E-state index in [2.05, 4.69) is 9.88 Å². The minimum atomic E-state index is -0.516. The molecule has 126 valence electrons. The molecule has 0 saturated heterocycles. The Bertz CT molecular complexity index is 924. The van der Waals surface area contributed by atoms with Gasteiger partial charge >= 0.3 is 0 Å².